The van der Waals surface area contributed by atoms with E-state index in [9.17, 15) is 9.36 Å². The molecule has 2 amide bonds. The van der Waals surface area contributed by atoms with Crippen molar-refractivity contribution >= 4 is 30.9 Å². The number of carbonyl (C=O) groups is 1. The first kappa shape index (κ1) is 12.9. The van der Waals surface area contributed by atoms with Crippen molar-refractivity contribution in [2.75, 3.05) is 31.5 Å². The van der Waals surface area contributed by atoms with E-state index in [1.165, 1.54) is 0 Å². The number of amides is 2. The SMILES string of the molecule is O=C(Nc1ccc(Cl)cc1)NP(=O)(N1CC1)N1CC1. The Morgan fingerprint density at radius 2 is 1.63 bits per heavy atom. The molecular formula is C11H14ClN4O2P. The molecule has 0 spiro atoms. The standard InChI is InChI=1S/C11H14ClN4O2P/c12-9-1-3-10(4-2-9)13-11(17)14-19(18,15-5-6-15)16-7-8-16/h1-4H,5-8H2,(H2,13,14,17,18). The minimum Gasteiger partial charge on any atom is -0.308 e. The number of halogens is 1. The summed E-state index contributed by atoms with van der Waals surface area (Å²) in [4.78, 5) is 11.9. The summed E-state index contributed by atoms with van der Waals surface area (Å²) >= 11 is 5.77. The zero-order valence-corrected chi connectivity index (χ0v) is 11.8. The van der Waals surface area contributed by atoms with Crippen LogP contribution in [0.4, 0.5) is 10.5 Å². The molecule has 19 heavy (non-hydrogen) atoms. The second-order valence-electron chi connectivity index (χ2n) is 4.52. The van der Waals surface area contributed by atoms with Crippen LogP contribution in [0.2, 0.25) is 5.02 Å². The first-order valence-electron chi connectivity index (χ1n) is 6.04. The molecule has 2 fully saturated rings. The summed E-state index contributed by atoms with van der Waals surface area (Å²) in [5.74, 6) is 0. The van der Waals surface area contributed by atoms with Crippen molar-refractivity contribution in [3.63, 3.8) is 0 Å². The van der Waals surface area contributed by atoms with Crippen molar-refractivity contribution in [3.8, 4) is 0 Å². The van der Waals surface area contributed by atoms with Gasteiger partial charge in [-0.2, -0.15) is 0 Å². The fraction of sp³-hybridized carbons (Fsp3) is 0.364. The maximum Gasteiger partial charge on any atom is 0.326 e. The van der Waals surface area contributed by atoms with Crippen LogP contribution < -0.4 is 10.4 Å². The highest BCUT2D eigenvalue weighted by atomic mass is 35.5. The summed E-state index contributed by atoms with van der Waals surface area (Å²) in [7, 11) is -2.87. The molecule has 2 saturated heterocycles. The second-order valence-corrected chi connectivity index (χ2v) is 7.40. The van der Waals surface area contributed by atoms with Crippen molar-refractivity contribution in [1.29, 1.82) is 0 Å². The van der Waals surface area contributed by atoms with Crippen LogP contribution in [0.3, 0.4) is 0 Å². The van der Waals surface area contributed by atoms with Gasteiger partial charge in [-0.05, 0) is 24.3 Å². The van der Waals surface area contributed by atoms with Crippen LogP contribution in [-0.4, -0.2) is 41.6 Å². The fourth-order valence-electron chi connectivity index (χ4n) is 1.78. The maximum atomic E-state index is 12.7. The molecule has 0 aliphatic carbocycles. The van der Waals surface area contributed by atoms with Gasteiger partial charge < -0.3 is 5.32 Å². The third-order valence-corrected chi connectivity index (χ3v) is 6.04. The third kappa shape index (κ3) is 2.92. The van der Waals surface area contributed by atoms with E-state index >= 15 is 0 Å². The Morgan fingerprint density at radius 3 is 2.11 bits per heavy atom. The van der Waals surface area contributed by atoms with E-state index in [0.29, 0.717) is 10.7 Å². The number of rotatable bonds is 4. The lowest BCUT2D eigenvalue weighted by atomic mass is 10.3. The van der Waals surface area contributed by atoms with Gasteiger partial charge in [0.1, 0.15) is 0 Å². The van der Waals surface area contributed by atoms with Gasteiger partial charge in [0.2, 0.25) is 0 Å². The molecule has 0 radical (unpaired) electrons. The molecule has 0 saturated carbocycles. The number of nitrogens with one attached hydrogen (secondary N) is 2. The van der Waals surface area contributed by atoms with Gasteiger partial charge in [-0.1, -0.05) is 11.6 Å². The average Bonchev–Trinajstić information content (AvgIpc) is 3.23. The number of nitrogens with zero attached hydrogens (tertiary/aromatic N) is 2. The lowest BCUT2D eigenvalue weighted by Gasteiger charge is -2.21. The summed E-state index contributed by atoms with van der Waals surface area (Å²) in [6.07, 6.45) is 0. The highest BCUT2D eigenvalue weighted by molar-refractivity contribution is 7.58. The largest absolute Gasteiger partial charge is 0.326 e. The summed E-state index contributed by atoms with van der Waals surface area (Å²) in [6, 6.07) is 6.31. The van der Waals surface area contributed by atoms with E-state index in [2.05, 4.69) is 10.4 Å². The zero-order chi connectivity index (χ0) is 13.5. The van der Waals surface area contributed by atoms with Crippen LogP contribution >= 0.6 is 19.2 Å². The molecule has 2 aliphatic rings. The molecule has 1 aromatic carbocycles. The number of hydrogen-bond acceptors (Lipinski definition) is 2. The smallest absolute Gasteiger partial charge is 0.308 e. The summed E-state index contributed by atoms with van der Waals surface area (Å²) in [5, 5.41) is 5.86. The molecule has 8 heteroatoms. The lowest BCUT2D eigenvalue weighted by Crippen LogP contribution is -2.31. The van der Waals surface area contributed by atoms with Crippen LogP contribution in [0.5, 0.6) is 0 Å². The molecule has 0 bridgehead atoms. The zero-order valence-electron chi connectivity index (χ0n) is 10.2. The summed E-state index contributed by atoms with van der Waals surface area (Å²) in [6.45, 7) is 3.09. The Labute approximate surface area is 116 Å². The minimum atomic E-state index is -2.87. The van der Waals surface area contributed by atoms with E-state index in [1.807, 2.05) is 0 Å². The van der Waals surface area contributed by atoms with Gasteiger partial charge in [0.25, 0.3) is 0 Å². The van der Waals surface area contributed by atoms with Crippen molar-refractivity contribution < 1.29 is 9.36 Å². The van der Waals surface area contributed by atoms with E-state index in [1.54, 1.807) is 33.6 Å². The molecule has 3 rings (SSSR count). The Hall–Kier alpha value is -1.07. The van der Waals surface area contributed by atoms with E-state index in [-0.39, 0.29) is 0 Å². The summed E-state index contributed by atoms with van der Waals surface area (Å²) in [5.41, 5.74) is 0.616. The van der Waals surface area contributed by atoms with Gasteiger partial charge in [-0.3, -0.25) is 9.65 Å². The van der Waals surface area contributed by atoms with Crippen LogP contribution in [0, 0.1) is 0 Å². The Morgan fingerprint density at radius 1 is 1.11 bits per heavy atom. The predicted octanol–water partition coefficient (Wildman–Crippen LogP) is 2.20. The van der Waals surface area contributed by atoms with Gasteiger partial charge in [0.15, 0.2) is 0 Å². The molecule has 2 aliphatic heterocycles. The first-order valence-corrected chi connectivity index (χ1v) is 8.03. The van der Waals surface area contributed by atoms with Gasteiger partial charge >= 0.3 is 13.6 Å². The Bertz CT molecular complexity index is 526. The number of hydrogen-bond donors (Lipinski definition) is 2. The fourth-order valence-corrected chi connectivity index (χ4v) is 4.13. The highest BCUT2D eigenvalue weighted by Gasteiger charge is 2.49. The van der Waals surface area contributed by atoms with Crippen LogP contribution in [0.25, 0.3) is 0 Å². The number of benzene rings is 1. The van der Waals surface area contributed by atoms with E-state index in [4.69, 9.17) is 11.6 Å². The summed E-state index contributed by atoms with van der Waals surface area (Å²) < 4.78 is 16.2. The van der Waals surface area contributed by atoms with Gasteiger partial charge in [-0.15, -0.1) is 0 Å². The topological polar surface area (TPSA) is 64.2 Å². The van der Waals surface area contributed by atoms with Crippen molar-refractivity contribution in [2.45, 2.75) is 0 Å². The first-order chi connectivity index (χ1) is 9.08. The van der Waals surface area contributed by atoms with Gasteiger partial charge in [0.05, 0.1) is 0 Å². The monoisotopic (exact) mass is 300 g/mol. The Balaban J connectivity index is 1.64. The number of carbonyl (C=O) groups excluding carboxylic acids is 1. The predicted molar refractivity (Wildman–Crippen MR) is 74.4 cm³/mol. The second kappa shape index (κ2) is 4.80. The Kier molecular flexibility index (Phi) is 3.27. The van der Waals surface area contributed by atoms with Gasteiger partial charge in [-0.25, -0.2) is 14.1 Å². The number of anilines is 1. The average molecular weight is 301 g/mol. The van der Waals surface area contributed by atoms with Crippen molar-refractivity contribution in [3.05, 3.63) is 29.3 Å². The third-order valence-electron chi connectivity index (χ3n) is 2.96. The van der Waals surface area contributed by atoms with Gasteiger partial charge in [0, 0.05) is 36.9 Å². The molecule has 2 heterocycles. The molecular weight excluding hydrogens is 287 g/mol. The molecule has 6 nitrogen and oxygen atoms in total. The number of urea groups is 1. The van der Waals surface area contributed by atoms with Crippen LogP contribution in [0.1, 0.15) is 0 Å². The molecule has 0 unspecified atom stereocenters. The molecule has 1 aromatic rings. The quantitative estimate of drug-likeness (QED) is 0.661. The maximum absolute atomic E-state index is 12.7. The van der Waals surface area contributed by atoms with E-state index in [0.717, 1.165) is 26.2 Å². The normalized spacial score (nSPS) is 19.0. The molecule has 102 valence electrons. The van der Waals surface area contributed by atoms with Crippen LogP contribution in [-0.2, 0) is 4.57 Å². The van der Waals surface area contributed by atoms with Crippen molar-refractivity contribution in [2.24, 2.45) is 0 Å². The lowest BCUT2D eigenvalue weighted by molar-refractivity contribution is 0.255. The molecule has 2 N–H and O–H groups in total. The minimum absolute atomic E-state index is 0.454. The van der Waals surface area contributed by atoms with Crippen LogP contribution in [0.15, 0.2) is 24.3 Å². The van der Waals surface area contributed by atoms with Crippen molar-refractivity contribution in [1.82, 2.24) is 14.4 Å². The van der Waals surface area contributed by atoms with E-state index < -0.39 is 13.6 Å². The molecule has 0 aromatic heterocycles. The highest BCUT2D eigenvalue weighted by Crippen LogP contribution is 2.56. The molecule has 0 atom stereocenters.